The number of ether oxygens (including phenoxy) is 11. The molecule has 2 fully saturated rings. The molecule has 0 N–H and O–H groups in total. The van der Waals surface area contributed by atoms with Crippen LogP contribution in [0.3, 0.4) is 0 Å². The lowest BCUT2D eigenvalue weighted by molar-refractivity contribution is -0.362. The van der Waals surface area contributed by atoms with Crippen LogP contribution in [0.1, 0.15) is 0 Å². The number of hydrogen-bond donors (Lipinski definition) is 0. The minimum absolute atomic E-state index is 0.227. The van der Waals surface area contributed by atoms with Gasteiger partial charge in [-0.05, 0) is 0 Å². The molecule has 2 heterocycles. The van der Waals surface area contributed by atoms with Crippen molar-refractivity contribution in [2.75, 3.05) is 63.5 Å². The van der Waals surface area contributed by atoms with Gasteiger partial charge in [0.1, 0.15) is 42.7 Å². The molecule has 5 unspecified atom stereocenters. The fourth-order valence-electron chi connectivity index (χ4n) is 4.21. The average Bonchev–Trinajstić information content (AvgIpc) is 2.82. The topological polar surface area (TPSA) is 119 Å². The Bertz CT molecular complexity index is 563. The fraction of sp³-hybridized carbons (Fsp3) is 0.950. The molecule has 0 aromatic heterocycles. The molecule has 0 spiro atoms. The molecular formula is C20H36O12. The van der Waals surface area contributed by atoms with E-state index in [1.165, 1.54) is 49.8 Å². The highest BCUT2D eigenvalue weighted by Gasteiger charge is 2.55. The van der Waals surface area contributed by atoms with Gasteiger partial charge in [-0.2, -0.15) is 0 Å². The smallest absolute Gasteiger partial charge is 0.337 e. The molecule has 32 heavy (non-hydrogen) atoms. The zero-order valence-electron chi connectivity index (χ0n) is 19.9. The van der Waals surface area contributed by atoms with Gasteiger partial charge in [0, 0.05) is 49.8 Å². The van der Waals surface area contributed by atoms with Gasteiger partial charge in [-0.1, -0.05) is 0 Å². The van der Waals surface area contributed by atoms with Gasteiger partial charge in [0.2, 0.25) is 0 Å². The predicted octanol–water partition coefficient (Wildman–Crippen LogP) is -0.638. The quantitative estimate of drug-likeness (QED) is 0.359. The van der Waals surface area contributed by atoms with Crippen molar-refractivity contribution in [2.45, 2.75) is 61.4 Å². The van der Waals surface area contributed by atoms with Gasteiger partial charge < -0.3 is 52.1 Å². The van der Waals surface area contributed by atoms with Gasteiger partial charge in [-0.25, -0.2) is 4.79 Å². The fourth-order valence-corrected chi connectivity index (χ4v) is 4.21. The first-order chi connectivity index (χ1) is 15.4. The normalized spacial score (nSPS) is 40.2. The zero-order valence-corrected chi connectivity index (χ0v) is 19.9. The van der Waals surface area contributed by atoms with Gasteiger partial charge in [0.15, 0.2) is 18.7 Å². The highest BCUT2D eigenvalue weighted by molar-refractivity contribution is 5.75. The Hall–Kier alpha value is -0.930. The summed E-state index contributed by atoms with van der Waals surface area (Å²) in [5.74, 6) is -0.632. The second kappa shape index (κ2) is 13.1. The lowest BCUT2D eigenvalue weighted by Crippen LogP contribution is -2.66. The minimum Gasteiger partial charge on any atom is -0.467 e. The molecule has 0 aromatic carbocycles. The lowest BCUT2D eigenvalue weighted by Gasteiger charge is -2.48. The summed E-state index contributed by atoms with van der Waals surface area (Å²) < 4.78 is 61.9. The van der Waals surface area contributed by atoms with Crippen LogP contribution in [-0.4, -0.2) is 131 Å². The summed E-state index contributed by atoms with van der Waals surface area (Å²) in [6, 6.07) is 0. The summed E-state index contributed by atoms with van der Waals surface area (Å²) in [6.45, 7) is 0.227. The van der Waals surface area contributed by atoms with Crippen molar-refractivity contribution < 1.29 is 56.9 Å². The Morgan fingerprint density at radius 1 is 0.625 bits per heavy atom. The summed E-state index contributed by atoms with van der Waals surface area (Å²) in [7, 11) is 11.8. The van der Waals surface area contributed by atoms with Crippen LogP contribution in [0, 0.1) is 0 Å². The maximum atomic E-state index is 12.4. The monoisotopic (exact) mass is 468 g/mol. The molecule has 2 saturated heterocycles. The first kappa shape index (κ1) is 27.3. The minimum atomic E-state index is -1.11. The van der Waals surface area contributed by atoms with Gasteiger partial charge in [0.05, 0.1) is 13.7 Å². The molecule has 12 nitrogen and oxygen atoms in total. The van der Waals surface area contributed by atoms with E-state index in [4.69, 9.17) is 52.1 Å². The third kappa shape index (κ3) is 5.58. The third-order valence-electron chi connectivity index (χ3n) is 5.73. The number of methoxy groups -OCH3 is 8. The van der Waals surface area contributed by atoms with Gasteiger partial charge >= 0.3 is 5.97 Å². The molecule has 0 aromatic rings. The van der Waals surface area contributed by atoms with E-state index in [0.29, 0.717) is 0 Å². The van der Waals surface area contributed by atoms with Crippen molar-refractivity contribution >= 4 is 5.97 Å². The second-order valence-electron chi connectivity index (χ2n) is 7.28. The van der Waals surface area contributed by atoms with Crippen LogP contribution in [0.4, 0.5) is 0 Å². The molecule has 0 bridgehead atoms. The lowest BCUT2D eigenvalue weighted by atomic mass is 9.96. The highest BCUT2D eigenvalue weighted by atomic mass is 16.8. The van der Waals surface area contributed by atoms with E-state index in [-0.39, 0.29) is 6.61 Å². The van der Waals surface area contributed by atoms with Gasteiger partial charge in [0.25, 0.3) is 0 Å². The molecule has 0 radical (unpaired) electrons. The molecule has 188 valence electrons. The third-order valence-corrected chi connectivity index (χ3v) is 5.73. The number of carbonyl (C=O) groups is 1. The Morgan fingerprint density at radius 3 is 1.66 bits per heavy atom. The van der Waals surface area contributed by atoms with Crippen LogP contribution in [0.2, 0.25) is 0 Å². The van der Waals surface area contributed by atoms with E-state index in [9.17, 15) is 4.79 Å². The second-order valence-corrected chi connectivity index (χ2v) is 7.28. The van der Waals surface area contributed by atoms with Crippen LogP contribution >= 0.6 is 0 Å². The first-order valence-corrected chi connectivity index (χ1v) is 10.2. The van der Waals surface area contributed by atoms with Crippen LogP contribution in [0.25, 0.3) is 0 Å². The summed E-state index contributed by atoms with van der Waals surface area (Å²) in [5, 5.41) is 0. The van der Waals surface area contributed by atoms with Crippen molar-refractivity contribution in [3.63, 3.8) is 0 Å². The van der Waals surface area contributed by atoms with E-state index in [1.807, 2.05) is 0 Å². The molecule has 0 amide bonds. The largest absolute Gasteiger partial charge is 0.467 e. The maximum Gasteiger partial charge on any atom is 0.337 e. The van der Waals surface area contributed by atoms with E-state index < -0.39 is 67.4 Å². The van der Waals surface area contributed by atoms with Crippen molar-refractivity contribution in [3.05, 3.63) is 0 Å². The molecule has 0 saturated carbocycles. The molecule has 10 atom stereocenters. The Morgan fingerprint density at radius 2 is 1.19 bits per heavy atom. The molecular weight excluding hydrogens is 432 g/mol. The summed E-state index contributed by atoms with van der Waals surface area (Å²) in [6.07, 6.45) is -7.69. The average molecular weight is 468 g/mol. The molecule has 12 heteroatoms. The van der Waals surface area contributed by atoms with Crippen LogP contribution in [0.15, 0.2) is 0 Å². The predicted molar refractivity (Wildman–Crippen MR) is 107 cm³/mol. The standard InChI is InChI=1S/C20H36O12/c1-22-9-10-11(23-2)14(17(27-6)19(29-8)30-10)31-20-16(26-5)13(25-4)12(24-3)15(32-20)18(21)28-7/h10-17,19-20H,9H2,1-8H3/t10-,11+,12?,13?,14-,15?,16?,17-,19-,20?/m0/s1. The molecule has 0 aliphatic carbocycles. The van der Waals surface area contributed by atoms with Crippen LogP contribution < -0.4 is 0 Å². The maximum absolute atomic E-state index is 12.4. The number of esters is 1. The van der Waals surface area contributed by atoms with E-state index in [1.54, 1.807) is 7.11 Å². The van der Waals surface area contributed by atoms with Crippen molar-refractivity contribution in [3.8, 4) is 0 Å². The van der Waals surface area contributed by atoms with Crippen molar-refractivity contribution in [1.29, 1.82) is 0 Å². The van der Waals surface area contributed by atoms with Crippen LogP contribution in [-0.2, 0) is 56.9 Å². The molecule has 2 rings (SSSR count). The van der Waals surface area contributed by atoms with E-state index in [0.717, 1.165) is 0 Å². The summed E-state index contributed by atoms with van der Waals surface area (Å²) in [4.78, 5) is 12.4. The SMILES string of the molecule is COC[C@@H]1O[C@H](OC)[C@@H](OC)[C@@H](OC2OC(C(=O)OC)C(OC)C(OC)C2OC)[C@@H]1OC. The van der Waals surface area contributed by atoms with Gasteiger partial charge in [-0.15, -0.1) is 0 Å². The Labute approximate surface area is 188 Å². The first-order valence-electron chi connectivity index (χ1n) is 10.2. The van der Waals surface area contributed by atoms with Crippen molar-refractivity contribution in [1.82, 2.24) is 0 Å². The van der Waals surface area contributed by atoms with E-state index >= 15 is 0 Å². The number of hydrogen-bond acceptors (Lipinski definition) is 12. The van der Waals surface area contributed by atoms with E-state index in [2.05, 4.69) is 0 Å². The number of rotatable bonds is 11. The Kier molecular flexibility index (Phi) is 11.2. The molecule has 2 aliphatic rings. The van der Waals surface area contributed by atoms with Gasteiger partial charge in [-0.3, -0.25) is 0 Å². The van der Waals surface area contributed by atoms with Crippen LogP contribution in [0.5, 0.6) is 0 Å². The zero-order chi connectivity index (χ0) is 23.8. The number of carbonyl (C=O) groups excluding carboxylic acids is 1. The molecule has 2 aliphatic heterocycles. The summed E-state index contributed by atoms with van der Waals surface area (Å²) in [5.41, 5.74) is 0. The Balaban J connectivity index is 2.39. The highest BCUT2D eigenvalue weighted by Crippen LogP contribution is 2.34. The van der Waals surface area contributed by atoms with Crippen molar-refractivity contribution in [2.24, 2.45) is 0 Å². The summed E-state index contributed by atoms with van der Waals surface area (Å²) >= 11 is 0.